The molecule has 0 aliphatic heterocycles. The minimum absolute atomic E-state index is 0.378. The fourth-order valence-corrected chi connectivity index (χ4v) is 6.01. The highest BCUT2D eigenvalue weighted by atomic mass is 14.5. The van der Waals surface area contributed by atoms with E-state index in [0.717, 1.165) is 0 Å². The Balaban J connectivity index is 1.54. The van der Waals surface area contributed by atoms with Gasteiger partial charge in [0, 0.05) is 11.3 Å². The van der Waals surface area contributed by atoms with E-state index >= 15 is 0 Å². The van der Waals surface area contributed by atoms with E-state index in [4.69, 9.17) is 0 Å². The van der Waals surface area contributed by atoms with E-state index < -0.39 is 0 Å². The van der Waals surface area contributed by atoms with Crippen molar-refractivity contribution >= 4 is 0 Å². The van der Waals surface area contributed by atoms with Crippen molar-refractivity contribution in [1.29, 1.82) is 0 Å². The van der Waals surface area contributed by atoms with Gasteiger partial charge >= 0.3 is 0 Å². The maximum absolute atomic E-state index is 2.65. The van der Waals surface area contributed by atoms with E-state index in [1.165, 1.54) is 64.2 Å². The molecule has 2 spiro atoms. The molecule has 1 atom stereocenters. The summed E-state index contributed by atoms with van der Waals surface area (Å²) in [7, 11) is 0. The van der Waals surface area contributed by atoms with Gasteiger partial charge in [0.1, 0.15) is 0 Å². The van der Waals surface area contributed by atoms with Crippen LogP contribution in [0.4, 0.5) is 0 Å². The van der Waals surface area contributed by atoms with Gasteiger partial charge < -0.3 is 0 Å². The van der Waals surface area contributed by atoms with Gasteiger partial charge in [-0.3, -0.25) is 0 Å². The molecule has 0 heteroatoms. The van der Waals surface area contributed by atoms with Crippen LogP contribution >= 0.6 is 0 Å². The highest BCUT2D eigenvalue weighted by molar-refractivity contribution is 5.58. The average molecular weight is 304 g/mol. The lowest BCUT2D eigenvalue weighted by Crippen LogP contribution is -2.27. The largest absolute Gasteiger partial charge is 0.0771 e. The number of rotatable bonds is 0. The monoisotopic (exact) mass is 304 g/mol. The van der Waals surface area contributed by atoms with E-state index in [9.17, 15) is 0 Å². The standard InChI is InChI=1S/C23H28/c1-3-11-22(12-4-1)16-10-19-17-21-18(7-8-20(19)22)9-15-23(21)13-5-2-6-14-23/h7-10,15-17,21H,1-6,11-14H2. The van der Waals surface area contributed by atoms with E-state index in [2.05, 4.69) is 42.5 Å². The fraction of sp³-hybridized carbons (Fsp3) is 0.565. The van der Waals surface area contributed by atoms with Crippen LogP contribution in [0.2, 0.25) is 0 Å². The first-order chi connectivity index (χ1) is 11.3. The smallest absolute Gasteiger partial charge is 0.0141 e. The maximum Gasteiger partial charge on any atom is 0.0141 e. The molecular formula is C23H28. The van der Waals surface area contributed by atoms with Crippen LogP contribution in [-0.2, 0) is 0 Å². The van der Waals surface area contributed by atoms with Crippen LogP contribution in [0.3, 0.4) is 0 Å². The molecule has 5 aliphatic carbocycles. The van der Waals surface area contributed by atoms with Gasteiger partial charge in [-0.1, -0.05) is 81.1 Å². The SMILES string of the molecule is C1=CC2(CCCCC2)C2=CC=C3C=CC4(CCCCC4)C3C=C12. The van der Waals surface area contributed by atoms with Crippen molar-refractivity contribution in [3.8, 4) is 0 Å². The van der Waals surface area contributed by atoms with E-state index in [0.29, 0.717) is 16.7 Å². The molecule has 120 valence electrons. The Morgan fingerprint density at radius 3 is 2.26 bits per heavy atom. The lowest BCUT2D eigenvalue weighted by atomic mass is 9.66. The molecule has 2 saturated carbocycles. The van der Waals surface area contributed by atoms with Gasteiger partial charge in [0.2, 0.25) is 0 Å². The highest BCUT2D eigenvalue weighted by Crippen LogP contribution is 2.56. The third kappa shape index (κ3) is 2.03. The van der Waals surface area contributed by atoms with Crippen molar-refractivity contribution in [2.45, 2.75) is 64.2 Å². The molecule has 0 bridgehead atoms. The lowest BCUT2D eigenvalue weighted by molar-refractivity contribution is 0.222. The van der Waals surface area contributed by atoms with Crippen LogP contribution in [0.15, 0.2) is 59.3 Å². The second-order valence-corrected chi connectivity index (χ2v) is 8.52. The first-order valence-corrected chi connectivity index (χ1v) is 9.85. The topological polar surface area (TPSA) is 0 Å². The fourth-order valence-electron chi connectivity index (χ4n) is 6.01. The Bertz CT molecular complexity index is 652. The van der Waals surface area contributed by atoms with E-state index in [-0.39, 0.29) is 0 Å². The molecule has 0 radical (unpaired) electrons. The van der Waals surface area contributed by atoms with Crippen LogP contribution in [0.5, 0.6) is 0 Å². The summed E-state index contributed by atoms with van der Waals surface area (Å²) in [4.78, 5) is 0. The zero-order valence-corrected chi connectivity index (χ0v) is 14.2. The highest BCUT2D eigenvalue weighted by Gasteiger charge is 2.44. The number of allylic oxidation sites excluding steroid dienone is 10. The lowest BCUT2D eigenvalue weighted by Gasteiger charge is -2.37. The van der Waals surface area contributed by atoms with Crippen molar-refractivity contribution in [3.63, 3.8) is 0 Å². The molecule has 1 unspecified atom stereocenters. The van der Waals surface area contributed by atoms with Crippen molar-refractivity contribution in [3.05, 3.63) is 59.3 Å². The molecule has 23 heavy (non-hydrogen) atoms. The van der Waals surface area contributed by atoms with Crippen LogP contribution in [0.1, 0.15) is 64.2 Å². The quantitative estimate of drug-likeness (QED) is 0.483. The van der Waals surface area contributed by atoms with Gasteiger partial charge in [-0.2, -0.15) is 0 Å². The van der Waals surface area contributed by atoms with Gasteiger partial charge in [0.05, 0.1) is 0 Å². The third-order valence-electron chi connectivity index (χ3n) is 7.33. The van der Waals surface area contributed by atoms with Crippen molar-refractivity contribution in [1.82, 2.24) is 0 Å². The molecule has 0 heterocycles. The molecule has 0 aromatic heterocycles. The molecular weight excluding hydrogens is 276 g/mol. The molecule has 0 saturated heterocycles. The summed E-state index contributed by atoms with van der Waals surface area (Å²) in [5.41, 5.74) is 5.58. The zero-order chi connectivity index (χ0) is 15.3. The summed E-state index contributed by atoms with van der Waals surface area (Å²) >= 11 is 0. The first kappa shape index (κ1) is 14.1. The Kier molecular flexibility index (Phi) is 3.12. The van der Waals surface area contributed by atoms with Gasteiger partial charge in [0.15, 0.2) is 0 Å². The molecule has 5 rings (SSSR count). The van der Waals surface area contributed by atoms with Crippen LogP contribution in [0.25, 0.3) is 0 Å². The summed E-state index contributed by atoms with van der Waals surface area (Å²) < 4.78 is 0. The van der Waals surface area contributed by atoms with Gasteiger partial charge in [0.25, 0.3) is 0 Å². The van der Waals surface area contributed by atoms with Crippen LogP contribution in [0, 0.1) is 16.7 Å². The first-order valence-electron chi connectivity index (χ1n) is 9.85. The number of fused-ring (bicyclic) bond motifs is 4. The van der Waals surface area contributed by atoms with Gasteiger partial charge in [-0.05, 0) is 47.8 Å². The predicted octanol–water partition coefficient (Wildman–Crippen LogP) is 6.44. The molecule has 0 aromatic carbocycles. The molecule has 2 fully saturated rings. The van der Waals surface area contributed by atoms with E-state index in [1.807, 2.05) is 0 Å². The molecule has 0 amide bonds. The maximum atomic E-state index is 2.65. The summed E-state index contributed by atoms with van der Waals surface area (Å²) in [5.74, 6) is 0.634. The van der Waals surface area contributed by atoms with Gasteiger partial charge in [-0.25, -0.2) is 0 Å². The summed E-state index contributed by atoms with van der Waals surface area (Å²) in [6, 6.07) is 0. The molecule has 0 nitrogen and oxygen atoms in total. The second kappa shape index (κ2) is 5.10. The van der Waals surface area contributed by atoms with Gasteiger partial charge in [-0.15, -0.1) is 0 Å². The predicted molar refractivity (Wildman–Crippen MR) is 97.1 cm³/mol. The molecule has 0 N–H and O–H groups in total. The Morgan fingerprint density at radius 2 is 1.48 bits per heavy atom. The summed E-state index contributed by atoms with van der Waals surface area (Å²) in [5, 5.41) is 0. The minimum atomic E-state index is 0.378. The zero-order valence-electron chi connectivity index (χ0n) is 14.2. The normalized spacial score (nSPS) is 33.0. The Labute approximate surface area is 140 Å². The summed E-state index contributed by atoms with van der Waals surface area (Å²) in [6.07, 6.45) is 31.6. The number of hydrogen-bond donors (Lipinski definition) is 0. The second-order valence-electron chi connectivity index (χ2n) is 8.52. The van der Waals surface area contributed by atoms with Crippen LogP contribution < -0.4 is 0 Å². The summed E-state index contributed by atoms with van der Waals surface area (Å²) in [6.45, 7) is 0. The third-order valence-corrected chi connectivity index (χ3v) is 7.33. The van der Waals surface area contributed by atoms with Crippen molar-refractivity contribution in [2.24, 2.45) is 16.7 Å². The number of hydrogen-bond acceptors (Lipinski definition) is 0. The average Bonchev–Trinajstić information content (AvgIpc) is 3.00. The van der Waals surface area contributed by atoms with E-state index in [1.54, 1.807) is 16.7 Å². The van der Waals surface area contributed by atoms with Crippen molar-refractivity contribution in [2.75, 3.05) is 0 Å². The Hall–Kier alpha value is -1.30. The minimum Gasteiger partial charge on any atom is -0.0771 e. The Morgan fingerprint density at radius 1 is 0.739 bits per heavy atom. The molecule has 0 aromatic rings. The van der Waals surface area contributed by atoms with Crippen LogP contribution in [-0.4, -0.2) is 0 Å². The van der Waals surface area contributed by atoms with Crippen molar-refractivity contribution < 1.29 is 0 Å². The molecule has 5 aliphatic rings.